The van der Waals surface area contributed by atoms with Crippen LogP contribution in [0, 0.1) is 6.92 Å². The van der Waals surface area contributed by atoms with Gasteiger partial charge < -0.3 is 14.3 Å². The Balaban J connectivity index is 1.41. The van der Waals surface area contributed by atoms with Crippen molar-refractivity contribution in [2.24, 2.45) is 0 Å². The Bertz CT molecular complexity index is 639. The number of thioether (sulfide) groups is 1. The van der Waals surface area contributed by atoms with Crippen molar-refractivity contribution in [3.05, 3.63) is 42.0 Å². The van der Waals surface area contributed by atoms with Crippen molar-refractivity contribution in [3.63, 3.8) is 0 Å². The molecule has 0 atom stereocenters. The van der Waals surface area contributed by atoms with Gasteiger partial charge in [0.1, 0.15) is 0 Å². The molecular weight excluding hydrogens is 312 g/mol. The average molecular weight is 332 g/mol. The molecule has 1 amide bonds. The first-order valence-corrected chi connectivity index (χ1v) is 8.82. The number of aryl methyl sites for hydroxylation is 1. The molecule has 2 heterocycles. The molecule has 1 aliphatic heterocycles. The zero-order valence-electron chi connectivity index (χ0n) is 13.1. The van der Waals surface area contributed by atoms with Crippen molar-refractivity contribution < 1.29 is 9.32 Å². The highest BCUT2D eigenvalue weighted by molar-refractivity contribution is 7.99. The predicted octanol–water partition coefficient (Wildman–Crippen LogP) is 1.96. The van der Waals surface area contributed by atoms with Gasteiger partial charge in [0.05, 0.1) is 11.5 Å². The summed E-state index contributed by atoms with van der Waals surface area (Å²) in [6, 6.07) is 10.3. The first kappa shape index (κ1) is 15.9. The standard InChI is InChI=1S/C16H20N4O2S/c1-13-17-15(18-22-13)11-23-12-16(21)20-9-7-19(8-10-20)14-5-3-2-4-6-14/h2-6H,7-12H2,1H3. The van der Waals surface area contributed by atoms with Crippen LogP contribution in [0.5, 0.6) is 0 Å². The molecule has 122 valence electrons. The highest BCUT2D eigenvalue weighted by atomic mass is 32.2. The lowest BCUT2D eigenvalue weighted by molar-refractivity contribution is -0.128. The van der Waals surface area contributed by atoms with Crippen molar-refractivity contribution >= 4 is 23.4 Å². The third kappa shape index (κ3) is 4.25. The monoisotopic (exact) mass is 332 g/mol. The van der Waals surface area contributed by atoms with Gasteiger partial charge in [-0.05, 0) is 12.1 Å². The molecule has 0 aliphatic carbocycles. The van der Waals surface area contributed by atoms with Crippen molar-refractivity contribution in [1.82, 2.24) is 15.0 Å². The number of carbonyl (C=O) groups is 1. The van der Waals surface area contributed by atoms with Gasteiger partial charge >= 0.3 is 0 Å². The third-order valence-corrected chi connectivity index (χ3v) is 4.69. The maximum absolute atomic E-state index is 12.3. The molecule has 1 aliphatic rings. The number of hydrogen-bond donors (Lipinski definition) is 0. The third-order valence-electron chi connectivity index (χ3n) is 3.78. The van der Waals surface area contributed by atoms with Gasteiger partial charge in [-0.1, -0.05) is 23.4 Å². The number of para-hydroxylation sites is 1. The fourth-order valence-electron chi connectivity index (χ4n) is 2.57. The van der Waals surface area contributed by atoms with E-state index in [1.54, 1.807) is 6.92 Å². The average Bonchev–Trinajstić information content (AvgIpc) is 3.01. The first-order chi connectivity index (χ1) is 11.2. The van der Waals surface area contributed by atoms with Crippen LogP contribution in [0.25, 0.3) is 0 Å². The van der Waals surface area contributed by atoms with Crippen LogP contribution in [0.15, 0.2) is 34.9 Å². The minimum Gasteiger partial charge on any atom is -0.368 e. The summed E-state index contributed by atoms with van der Waals surface area (Å²) in [4.78, 5) is 20.6. The molecule has 1 saturated heterocycles. The van der Waals surface area contributed by atoms with Gasteiger partial charge in [-0.15, -0.1) is 11.8 Å². The predicted molar refractivity (Wildman–Crippen MR) is 90.4 cm³/mol. The summed E-state index contributed by atoms with van der Waals surface area (Å²) in [5.74, 6) is 2.45. The molecule has 3 rings (SSSR count). The summed E-state index contributed by atoms with van der Waals surface area (Å²) in [5.41, 5.74) is 1.22. The smallest absolute Gasteiger partial charge is 0.232 e. The molecule has 7 heteroatoms. The van der Waals surface area contributed by atoms with Gasteiger partial charge in [0.15, 0.2) is 5.82 Å². The molecule has 0 N–H and O–H groups in total. The minimum absolute atomic E-state index is 0.183. The summed E-state index contributed by atoms with van der Waals surface area (Å²) >= 11 is 1.53. The van der Waals surface area contributed by atoms with Crippen LogP contribution in [0.2, 0.25) is 0 Å². The van der Waals surface area contributed by atoms with Crippen LogP contribution in [-0.2, 0) is 10.5 Å². The van der Waals surface area contributed by atoms with Gasteiger partial charge in [0.2, 0.25) is 11.8 Å². The quantitative estimate of drug-likeness (QED) is 0.834. The van der Waals surface area contributed by atoms with E-state index in [9.17, 15) is 4.79 Å². The zero-order chi connectivity index (χ0) is 16.1. The van der Waals surface area contributed by atoms with Gasteiger partial charge in [-0.25, -0.2) is 0 Å². The van der Waals surface area contributed by atoms with Crippen LogP contribution in [-0.4, -0.2) is 52.9 Å². The minimum atomic E-state index is 0.183. The number of piperazine rings is 1. The molecule has 0 unspecified atom stereocenters. The number of anilines is 1. The van der Waals surface area contributed by atoms with Crippen molar-refractivity contribution in [2.75, 3.05) is 36.8 Å². The van der Waals surface area contributed by atoms with Gasteiger partial charge in [-0.2, -0.15) is 4.98 Å². The van der Waals surface area contributed by atoms with Crippen LogP contribution in [0.3, 0.4) is 0 Å². The number of aromatic nitrogens is 2. The Morgan fingerprint density at radius 3 is 2.61 bits per heavy atom. The maximum atomic E-state index is 12.3. The van der Waals surface area contributed by atoms with E-state index in [1.807, 2.05) is 23.1 Å². The summed E-state index contributed by atoms with van der Waals surface area (Å²) < 4.78 is 4.92. The van der Waals surface area contributed by atoms with Crippen LogP contribution < -0.4 is 4.90 Å². The molecule has 0 saturated carbocycles. The normalized spacial score (nSPS) is 15.0. The second-order valence-corrected chi connectivity index (χ2v) is 6.41. The number of nitrogens with zero attached hydrogens (tertiary/aromatic N) is 4. The molecule has 1 aromatic carbocycles. The van der Waals surface area contributed by atoms with Crippen LogP contribution in [0.4, 0.5) is 5.69 Å². The lowest BCUT2D eigenvalue weighted by Crippen LogP contribution is -2.49. The molecule has 1 fully saturated rings. The van der Waals surface area contributed by atoms with Gasteiger partial charge in [0.25, 0.3) is 0 Å². The van der Waals surface area contributed by atoms with E-state index < -0.39 is 0 Å². The van der Waals surface area contributed by atoms with E-state index in [0.717, 1.165) is 26.2 Å². The SMILES string of the molecule is Cc1nc(CSCC(=O)N2CCN(c3ccccc3)CC2)no1. The molecule has 0 radical (unpaired) electrons. The first-order valence-electron chi connectivity index (χ1n) is 7.67. The Morgan fingerprint density at radius 2 is 1.96 bits per heavy atom. The van der Waals surface area contributed by atoms with E-state index in [-0.39, 0.29) is 5.91 Å². The lowest BCUT2D eigenvalue weighted by Gasteiger charge is -2.36. The molecular formula is C16H20N4O2S. The molecule has 0 bridgehead atoms. The Kier molecular flexibility index (Phi) is 5.17. The van der Waals surface area contributed by atoms with Gasteiger partial charge in [-0.3, -0.25) is 4.79 Å². The Morgan fingerprint density at radius 1 is 1.22 bits per heavy atom. The molecule has 2 aromatic rings. The van der Waals surface area contributed by atoms with Gasteiger partial charge in [0, 0.05) is 38.8 Å². The van der Waals surface area contributed by atoms with E-state index in [2.05, 4.69) is 27.2 Å². The number of rotatable bonds is 5. The van der Waals surface area contributed by atoms with Crippen molar-refractivity contribution in [2.45, 2.75) is 12.7 Å². The van der Waals surface area contributed by atoms with Crippen LogP contribution in [0.1, 0.15) is 11.7 Å². The number of carbonyl (C=O) groups excluding carboxylic acids is 1. The topological polar surface area (TPSA) is 62.5 Å². The molecule has 0 spiro atoms. The number of amides is 1. The summed E-state index contributed by atoms with van der Waals surface area (Å²) in [7, 11) is 0. The molecule has 6 nitrogen and oxygen atoms in total. The largest absolute Gasteiger partial charge is 0.368 e. The second kappa shape index (κ2) is 7.50. The Hall–Kier alpha value is -2.02. The molecule has 23 heavy (non-hydrogen) atoms. The highest BCUT2D eigenvalue weighted by Crippen LogP contribution is 2.16. The lowest BCUT2D eigenvalue weighted by atomic mass is 10.2. The molecule has 1 aromatic heterocycles. The number of benzene rings is 1. The van der Waals surface area contributed by atoms with Crippen molar-refractivity contribution in [3.8, 4) is 0 Å². The summed E-state index contributed by atoms with van der Waals surface area (Å²) in [6.07, 6.45) is 0. The van der Waals surface area contributed by atoms with E-state index >= 15 is 0 Å². The van der Waals surface area contributed by atoms with E-state index in [1.165, 1.54) is 17.4 Å². The number of hydrogen-bond acceptors (Lipinski definition) is 6. The summed E-state index contributed by atoms with van der Waals surface area (Å²) in [5, 5.41) is 3.83. The maximum Gasteiger partial charge on any atom is 0.232 e. The van der Waals surface area contributed by atoms with E-state index in [4.69, 9.17) is 4.52 Å². The fourth-order valence-corrected chi connectivity index (χ4v) is 3.33. The fraction of sp³-hybridized carbons (Fsp3) is 0.438. The van der Waals surface area contributed by atoms with Crippen LogP contribution >= 0.6 is 11.8 Å². The summed E-state index contributed by atoms with van der Waals surface area (Å²) in [6.45, 7) is 5.07. The van der Waals surface area contributed by atoms with E-state index in [0.29, 0.717) is 23.2 Å². The Labute approximate surface area is 139 Å². The second-order valence-electron chi connectivity index (χ2n) is 5.43. The highest BCUT2D eigenvalue weighted by Gasteiger charge is 2.21. The van der Waals surface area contributed by atoms with Crippen molar-refractivity contribution in [1.29, 1.82) is 0 Å². The zero-order valence-corrected chi connectivity index (χ0v) is 14.0.